The summed E-state index contributed by atoms with van der Waals surface area (Å²) >= 11 is 5.95. The van der Waals surface area contributed by atoms with Gasteiger partial charge in [-0.05, 0) is 36.8 Å². The average Bonchev–Trinajstić information content (AvgIpc) is 2.82. The van der Waals surface area contributed by atoms with Crippen LogP contribution in [-0.2, 0) is 9.84 Å². The van der Waals surface area contributed by atoms with E-state index in [0.717, 1.165) is 27.9 Å². The number of sulfone groups is 1. The Morgan fingerprint density at radius 3 is 2.43 bits per heavy atom. The van der Waals surface area contributed by atoms with Crippen molar-refractivity contribution in [1.29, 1.82) is 0 Å². The number of hydrogen-bond acceptors (Lipinski definition) is 3. The molecular formula is C15H13ClN2O2S. The van der Waals surface area contributed by atoms with Gasteiger partial charge in [-0.15, -0.1) is 0 Å². The third-order valence-corrected chi connectivity index (χ3v) is 4.69. The van der Waals surface area contributed by atoms with Crippen molar-refractivity contribution in [3.63, 3.8) is 0 Å². The molecule has 1 aromatic carbocycles. The molecule has 4 nitrogen and oxygen atoms in total. The third kappa shape index (κ3) is 2.66. The van der Waals surface area contributed by atoms with Gasteiger partial charge in [0.25, 0.3) is 0 Å². The molecule has 108 valence electrons. The van der Waals surface area contributed by atoms with Crippen molar-refractivity contribution in [2.24, 2.45) is 0 Å². The van der Waals surface area contributed by atoms with Gasteiger partial charge in [-0.3, -0.25) is 0 Å². The predicted octanol–water partition coefficient (Wildman–Crippen LogP) is 3.60. The Hall–Kier alpha value is -1.85. The molecule has 0 fully saturated rings. The van der Waals surface area contributed by atoms with Gasteiger partial charge in [0.15, 0.2) is 9.84 Å². The van der Waals surface area contributed by atoms with Crippen LogP contribution in [0.5, 0.6) is 0 Å². The van der Waals surface area contributed by atoms with Crippen LogP contribution in [0.3, 0.4) is 0 Å². The number of nitrogens with one attached hydrogen (secondary N) is 1. The van der Waals surface area contributed by atoms with E-state index in [1.807, 2.05) is 13.0 Å². The number of fused-ring (bicyclic) bond motifs is 1. The van der Waals surface area contributed by atoms with Crippen LogP contribution in [-0.4, -0.2) is 24.6 Å². The van der Waals surface area contributed by atoms with Crippen LogP contribution >= 0.6 is 11.6 Å². The number of aromatic amines is 1. The van der Waals surface area contributed by atoms with Gasteiger partial charge in [-0.2, -0.15) is 0 Å². The molecule has 3 aromatic rings. The summed E-state index contributed by atoms with van der Waals surface area (Å²) in [5.74, 6) is 0. The summed E-state index contributed by atoms with van der Waals surface area (Å²) in [7, 11) is -3.18. The Kier molecular flexibility index (Phi) is 3.26. The summed E-state index contributed by atoms with van der Waals surface area (Å²) in [6.07, 6.45) is 1.20. The normalized spacial score (nSPS) is 12.0. The zero-order valence-electron chi connectivity index (χ0n) is 11.5. The number of aromatic nitrogens is 2. The highest BCUT2D eigenvalue weighted by Crippen LogP contribution is 2.27. The first kappa shape index (κ1) is 14.1. The van der Waals surface area contributed by atoms with Crippen molar-refractivity contribution in [3.8, 4) is 11.3 Å². The Balaban J connectivity index is 2.10. The summed E-state index contributed by atoms with van der Waals surface area (Å²) in [5.41, 5.74) is 3.58. The summed E-state index contributed by atoms with van der Waals surface area (Å²) in [6, 6.07) is 10.5. The summed E-state index contributed by atoms with van der Waals surface area (Å²) in [5, 5.41) is 1.45. The van der Waals surface area contributed by atoms with E-state index in [1.165, 1.54) is 6.26 Å². The first-order chi connectivity index (χ1) is 9.84. The zero-order chi connectivity index (χ0) is 15.2. The second-order valence-corrected chi connectivity index (χ2v) is 7.37. The lowest BCUT2D eigenvalue weighted by atomic mass is 10.1. The van der Waals surface area contributed by atoms with E-state index in [0.29, 0.717) is 10.0 Å². The second-order valence-electron chi connectivity index (χ2n) is 4.97. The quantitative estimate of drug-likeness (QED) is 0.734. The van der Waals surface area contributed by atoms with Crippen LogP contribution in [0.4, 0.5) is 0 Å². The fourth-order valence-electron chi connectivity index (χ4n) is 2.29. The molecule has 21 heavy (non-hydrogen) atoms. The van der Waals surface area contributed by atoms with Gasteiger partial charge in [0, 0.05) is 23.0 Å². The molecule has 3 rings (SSSR count). The topological polar surface area (TPSA) is 62.8 Å². The van der Waals surface area contributed by atoms with Crippen molar-refractivity contribution in [3.05, 3.63) is 47.2 Å². The van der Waals surface area contributed by atoms with Crippen LogP contribution in [0.2, 0.25) is 5.15 Å². The Labute approximate surface area is 127 Å². The predicted molar refractivity (Wildman–Crippen MR) is 84.4 cm³/mol. The molecule has 0 aliphatic rings. The maximum Gasteiger partial charge on any atom is 0.175 e. The molecule has 0 saturated carbocycles. The molecule has 1 N–H and O–H groups in total. The van der Waals surface area contributed by atoms with Crippen LogP contribution in [0.15, 0.2) is 41.3 Å². The number of pyridine rings is 1. The highest BCUT2D eigenvalue weighted by Gasteiger charge is 2.10. The van der Waals surface area contributed by atoms with E-state index in [9.17, 15) is 8.42 Å². The summed E-state index contributed by atoms with van der Waals surface area (Å²) in [4.78, 5) is 7.81. The van der Waals surface area contributed by atoms with Crippen molar-refractivity contribution < 1.29 is 8.42 Å². The van der Waals surface area contributed by atoms with Crippen LogP contribution in [0.25, 0.3) is 22.2 Å². The molecule has 0 unspecified atom stereocenters. The van der Waals surface area contributed by atoms with Gasteiger partial charge in [0.05, 0.1) is 10.4 Å². The van der Waals surface area contributed by atoms with E-state index in [1.54, 1.807) is 30.3 Å². The number of halogens is 1. The Morgan fingerprint density at radius 1 is 1.14 bits per heavy atom. The highest BCUT2D eigenvalue weighted by atomic mass is 35.5. The van der Waals surface area contributed by atoms with Crippen LogP contribution < -0.4 is 0 Å². The number of rotatable bonds is 2. The van der Waals surface area contributed by atoms with Gasteiger partial charge < -0.3 is 4.98 Å². The Bertz CT molecular complexity index is 928. The molecule has 0 spiro atoms. The minimum atomic E-state index is -3.18. The zero-order valence-corrected chi connectivity index (χ0v) is 13.1. The molecule has 0 radical (unpaired) electrons. The molecule has 0 atom stereocenters. The van der Waals surface area contributed by atoms with Gasteiger partial charge in [-0.1, -0.05) is 23.7 Å². The fraction of sp³-hybridized carbons (Fsp3) is 0.133. The second kappa shape index (κ2) is 4.86. The lowest BCUT2D eigenvalue weighted by Crippen LogP contribution is -1.96. The lowest BCUT2D eigenvalue weighted by Gasteiger charge is -2.00. The molecule has 6 heteroatoms. The first-order valence-electron chi connectivity index (χ1n) is 6.31. The largest absolute Gasteiger partial charge is 0.354 e. The molecule has 0 saturated heterocycles. The van der Waals surface area contributed by atoms with E-state index < -0.39 is 9.84 Å². The van der Waals surface area contributed by atoms with Crippen LogP contribution in [0.1, 0.15) is 5.69 Å². The van der Waals surface area contributed by atoms with Crippen molar-refractivity contribution in [2.75, 3.05) is 6.26 Å². The SMILES string of the molecule is Cc1nc(Cl)cc2[nH]c(-c3ccc(S(C)(=O)=O)cc3)cc12. The summed E-state index contributed by atoms with van der Waals surface area (Å²) < 4.78 is 22.9. The molecular weight excluding hydrogens is 308 g/mol. The van der Waals surface area contributed by atoms with Crippen molar-refractivity contribution >= 4 is 32.3 Å². The number of benzene rings is 1. The smallest absolute Gasteiger partial charge is 0.175 e. The maximum atomic E-state index is 11.5. The van der Waals surface area contributed by atoms with Crippen molar-refractivity contribution in [2.45, 2.75) is 11.8 Å². The minimum absolute atomic E-state index is 0.309. The third-order valence-electron chi connectivity index (χ3n) is 3.37. The van der Waals surface area contributed by atoms with E-state index in [4.69, 9.17) is 11.6 Å². The molecule has 0 amide bonds. The first-order valence-corrected chi connectivity index (χ1v) is 8.58. The molecule has 0 bridgehead atoms. The molecule has 2 aromatic heterocycles. The van der Waals surface area contributed by atoms with E-state index >= 15 is 0 Å². The molecule has 2 heterocycles. The number of nitrogens with zero attached hydrogens (tertiary/aromatic N) is 1. The van der Waals surface area contributed by atoms with Gasteiger partial charge in [0.2, 0.25) is 0 Å². The number of hydrogen-bond donors (Lipinski definition) is 1. The van der Waals surface area contributed by atoms with Gasteiger partial charge in [0.1, 0.15) is 5.15 Å². The summed E-state index contributed by atoms with van der Waals surface area (Å²) in [6.45, 7) is 1.90. The van der Waals surface area contributed by atoms with Gasteiger partial charge in [-0.25, -0.2) is 13.4 Å². The lowest BCUT2D eigenvalue weighted by molar-refractivity contribution is 0.602. The highest BCUT2D eigenvalue weighted by molar-refractivity contribution is 7.90. The standard InChI is InChI=1S/C15H13ClN2O2S/c1-9-12-7-13(18-14(12)8-15(16)17-9)10-3-5-11(6-4-10)21(2,19)20/h3-8,18H,1-2H3. The molecule has 0 aliphatic heterocycles. The fourth-order valence-corrected chi connectivity index (χ4v) is 3.16. The average molecular weight is 321 g/mol. The van der Waals surface area contributed by atoms with E-state index in [2.05, 4.69) is 9.97 Å². The number of H-pyrrole nitrogens is 1. The van der Waals surface area contributed by atoms with Crippen molar-refractivity contribution in [1.82, 2.24) is 9.97 Å². The minimum Gasteiger partial charge on any atom is -0.354 e. The van der Waals surface area contributed by atoms with E-state index in [-0.39, 0.29) is 0 Å². The van der Waals surface area contributed by atoms with Crippen LogP contribution in [0, 0.1) is 6.92 Å². The number of aryl methyl sites for hydroxylation is 1. The maximum absolute atomic E-state index is 11.5. The Morgan fingerprint density at radius 2 is 1.81 bits per heavy atom. The molecule has 0 aliphatic carbocycles. The van der Waals surface area contributed by atoms with Gasteiger partial charge >= 0.3 is 0 Å². The monoisotopic (exact) mass is 320 g/mol.